The molecule has 4 heteroatoms. The molecule has 0 aliphatic carbocycles. The quantitative estimate of drug-likeness (QED) is 0.901. The second kappa shape index (κ2) is 6.15. The molecule has 0 saturated carbocycles. The Bertz CT molecular complexity index is 414. The van der Waals surface area contributed by atoms with Gasteiger partial charge in [0.15, 0.2) is 0 Å². The van der Waals surface area contributed by atoms with Gasteiger partial charge in [-0.2, -0.15) is 11.8 Å². The summed E-state index contributed by atoms with van der Waals surface area (Å²) in [6.07, 6.45) is 2.61. The smallest absolute Gasteiger partial charge is 0.0985 e. The summed E-state index contributed by atoms with van der Waals surface area (Å²) < 4.78 is 0. The average molecular weight is 299 g/mol. The largest absolute Gasteiger partial charge is 0.307 e. The molecule has 1 aromatic heterocycles. The van der Waals surface area contributed by atoms with E-state index in [1.54, 1.807) is 0 Å². The van der Waals surface area contributed by atoms with E-state index in [1.807, 2.05) is 11.3 Å². The Morgan fingerprint density at radius 2 is 1.89 bits per heavy atom. The molecule has 1 N–H and O–H groups in total. The van der Waals surface area contributed by atoms with Gasteiger partial charge in [0.1, 0.15) is 0 Å². The molecular weight excluding hydrogens is 272 g/mol. The van der Waals surface area contributed by atoms with E-state index in [0.29, 0.717) is 12.1 Å². The lowest BCUT2D eigenvalue weighted by atomic mass is 9.98. The molecule has 1 unspecified atom stereocenters. The zero-order chi connectivity index (χ0) is 14.0. The first-order chi connectivity index (χ1) is 8.88. The summed E-state index contributed by atoms with van der Waals surface area (Å²) in [6.45, 7) is 11.2. The highest BCUT2D eigenvalue weighted by atomic mass is 32.2. The van der Waals surface area contributed by atoms with Gasteiger partial charge in [0.05, 0.1) is 10.7 Å². The van der Waals surface area contributed by atoms with Crippen LogP contribution in [0.15, 0.2) is 0 Å². The summed E-state index contributed by atoms with van der Waals surface area (Å²) in [5, 5.41) is 5.06. The lowest BCUT2D eigenvalue weighted by Gasteiger charge is -2.26. The first-order valence-corrected chi connectivity index (χ1v) is 9.16. The van der Waals surface area contributed by atoms with Gasteiger partial charge < -0.3 is 5.32 Å². The molecule has 2 rings (SSSR count). The van der Waals surface area contributed by atoms with Crippen LogP contribution in [0.2, 0.25) is 0 Å². The van der Waals surface area contributed by atoms with Crippen LogP contribution in [0.1, 0.15) is 62.2 Å². The lowest BCUT2D eigenvalue weighted by Crippen LogP contribution is -2.34. The monoisotopic (exact) mass is 298 g/mol. The summed E-state index contributed by atoms with van der Waals surface area (Å²) in [7, 11) is 0. The molecule has 0 bridgehead atoms. The van der Waals surface area contributed by atoms with Crippen molar-refractivity contribution in [2.24, 2.45) is 0 Å². The molecule has 1 atom stereocenters. The predicted molar refractivity (Wildman–Crippen MR) is 87.4 cm³/mol. The van der Waals surface area contributed by atoms with Gasteiger partial charge in [-0.15, -0.1) is 11.3 Å². The molecule has 19 heavy (non-hydrogen) atoms. The van der Waals surface area contributed by atoms with Crippen molar-refractivity contribution in [2.45, 2.75) is 65.0 Å². The number of hydrogen-bond acceptors (Lipinski definition) is 4. The summed E-state index contributed by atoms with van der Waals surface area (Å²) in [6, 6.07) is 1.12. The molecule has 1 aliphatic rings. The Hall–Kier alpha value is -0.0600. The van der Waals surface area contributed by atoms with Crippen molar-refractivity contribution in [3.63, 3.8) is 0 Å². The van der Waals surface area contributed by atoms with E-state index in [0.717, 1.165) is 0 Å². The van der Waals surface area contributed by atoms with Gasteiger partial charge in [0.25, 0.3) is 0 Å². The van der Waals surface area contributed by atoms with Gasteiger partial charge in [-0.1, -0.05) is 20.8 Å². The number of thioether (sulfide) groups is 1. The van der Waals surface area contributed by atoms with Crippen molar-refractivity contribution in [3.05, 3.63) is 15.6 Å². The fourth-order valence-corrected chi connectivity index (χ4v) is 4.67. The van der Waals surface area contributed by atoms with Crippen LogP contribution in [-0.2, 0) is 5.41 Å². The highest BCUT2D eigenvalue weighted by Crippen LogP contribution is 2.33. The number of aromatic nitrogens is 1. The van der Waals surface area contributed by atoms with E-state index in [4.69, 9.17) is 4.98 Å². The fraction of sp³-hybridized carbons (Fsp3) is 0.800. The minimum Gasteiger partial charge on any atom is -0.307 e. The van der Waals surface area contributed by atoms with Gasteiger partial charge in [0.2, 0.25) is 0 Å². The van der Waals surface area contributed by atoms with Gasteiger partial charge in [0, 0.05) is 22.4 Å². The van der Waals surface area contributed by atoms with Gasteiger partial charge in [-0.25, -0.2) is 4.98 Å². The number of aryl methyl sites for hydroxylation is 1. The van der Waals surface area contributed by atoms with E-state index in [-0.39, 0.29) is 5.41 Å². The van der Waals surface area contributed by atoms with Crippen molar-refractivity contribution in [1.29, 1.82) is 0 Å². The van der Waals surface area contributed by atoms with Gasteiger partial charge in [-0.05, 0) is 38.2 Å². The van der Waals surface area contributed by atoms with E-state index >= 15 is 0 Å². The van der Waals surface area contributed by atoms with Crippen LogP contribution in [-0.4, -0.2) is 22.5 Å². The minimum absolute atomic E-state index is 0.162. The molecule has 1 aliphatic heterocycles. The number of hydrogen-bond donors (Lipinski definition) is 1. The summed E-state index contributed by atoms with van der Waals surface area (Å²) in [5.74, 6) is 2.61. The summed E-state index contributed by atoms with van der Waals surface area (Å²) in [4.78, 5) is 6.19. The normalized spacial score (nSPS) is 19.6. The van der Waals surface area contributed by atoms with Crippen molar-refractivity contribution in [1.82, 2.24) is 10.3 Å². The third kappa shape index (κ3) is 3.96. The van der Waals surface area contributed by atoms with E-state index in [2.05, 4.69) is 51.7 Å². The number of nitrogens with zero attached hydrogens (tertiary/aromatic N) is 1. The number of thiazole rings is 1. The fourth-order valence-electron chi connectivity index (χ4n) is 2.42. The maximum atomic E-state index is 4.77. The first kappa shape index (κ1) is 15.3. The maximum Gasteiger partial charge on any atom is 0.0985 e. The van der Waals surface area contributed by atoms with Crippen molar-refractivity contribution >= 4 is 23.1 Å². The van der Waals surface area contributed by atoms with E-state index in [9.17, 15) is 0 Å². The van der Waals surface area contributed by atoms with E-state index in [1.165, 1.54) is 39.9 Å². The Labute approximate surface area is 125 Å². The molecule has 0 aromatic carbocycles. The molecule has 1 fully saturated rings. The summed E-state index contributed by atoms with van der Waals surface area (Å²) in [5.41, 5.74) is 1.37. The lowest BCUT2D eigenvalue weighted by molar-refractivity contribution is 0.433. The Kier molecular flexibility index (Phi) is 4.96. The van der Waals surface area contributed by atoms with Crippen LogP contribution in [0.4, 0.5) is 0 Å². The van der Waals surface area contributed by atoms with Crippen LogP contribution >= 0.6 is 23.1 Å². The van der Waals surface area contributed by atoms with Crippen LogP contribution in [0, 0.1) is 6.92 Å². The highest BCUT2D eigenvalue weighted by Gasteiger charge is 2.24. The third-order valence-electron chi connectivity index (χ3n) is 3.57. The minimum atomic E-state index is 0.162. The topological polar surface area (TPSA) is 24.9 Å². The Balaban J connectivity index is 2.06. The third-order valence-corrected chi connectivity index (χ3v) is 6.39. The molecular formula is C15H26N2S2. The number of rotatable bonds is 3. The molecule has 1 aromatic rings. The van der Waals surface area contributed by atoms with Crippen molar-refractivity contribution < 1.29 is 0 Å². The Morgan fingerprint density at radius 1 is 1.26 bits per heavy atom. The molecule has 0 radical (unpaired) electrons. The summed E-state index contributed by atoms with van der Waals surface area (Å²) >= 11 is 3.97. The van der Waals surface area contributed by atoms with Crippen molar-refractivity contribution in [2.75, 3.05) is 11.5 Å². The molecule has 0 amide bonds. The highest BCUT2D eigenvalue weighted by molar-refractivity contribution is 7.99. The van der Waals surface area contributed by atoms with Gasteiger partial charge >= 0.3 is 0 Å². The molecule has 2 nitrogen and oxygen atoms in total. The molecule has 108 valence electrons. The van der Waals surface area contributed by atoms with Gasteiger partial charge in [-0.3, -0.25) is 0 Å². The Morgan fingerprint density at radius 3 is 2.42 bits per heavy atom. The number of nitrogens with one attached hydrogen (secondary N) is 1. The van der Waals surface area contributed by atoms with Crippen LogP contribution in [0.25, 0.3) is 0 Å². The SMILES string of the molecule is Cc1nc(C(C)(C)C)sc1C(C)NC1CCSCC1. The van der Waals surface area contributed by atoms with Crippen LogP contribution < -0.4 is 5.32 Å². The predicted octanol–water partition coefficient (Wildman–Crippen LogP) is 4.30. The van der Waals surface area contributed by atoms with Crippen LogP contribution in [0.5, 0.6) is 0 Å². The zero-order valence-electron chi connectivity index (χ0n) is 12.7. The second-order valence-electron chi connectivity index (χ2n) is 6.49. The van der Waals surface area contributed by atoms with E-state index < -0.39 is 0 Å². The molecule has 1 saturated heterocycles. The van der Waals surface area contributed by atoms with Crippen molar-refractivity contribution in [3.8, 4) is 0 Å². The maximum absolute atomic E-state index is 4.77. The molecule has 0 spiro atoms. The second-order valence-corrected chi connectivity index (χ2v) is 8.75. The average Bonchev–Trinajstić information content (AvgIpc) is 2.72. The zero-order valence-corrected chi connectivity index (χ0v) is 14.4. The first-order valence-electron chi connectivity index (χ1n) is 7.19. The standard InChI is InChI=1S/C15H26N2S2/c1-10(16-12-6-8-18-9-7-12)13-11(2)17-14(19-13)15(3,4)5/h10,12,16H,6-9H2,1-5H3. The van der Waals surface area contributed by atoms with Crippen LogP contribution in [0.3, 0.4) is 0 Å². The molecule has 2 heterocycles.